The lowest BCUT2D eigenvalue weighted by atomic mass is 10.1. The van der Waals surface area contributed by atoms with E-state index in [1.165, 1.54) is 74.9 Å². The summed E-state index contributed by atoms with van der Waals surface area (Å²) in [5, 5.41) is 104. The minimum atomic E-state index is -1.44. The molecular weight excluding hydrogens is 1380 g/mol. The fourth-order valence-corrected chi connectivity index (χ4v) is 8.57. The predicted octanol–water partition coefficient (Wildman–Crippen LogP) is 2.98. The van der Waals surface area contributed by atoms with Crippen LogP contribution in [0.3, 0.4) is 0 Å². The number of nitrogens with two attached hydrogens (primary N) is 4. The summed E-state index contributed by atoms with van der Waals surface area (Å²) in [6.45, 7) is 0. The van der Waals surface area contributed by atoms with Crippen molar-refractivity contribution in [1.82, 2.24) is 101 Å². The number of tetrazole rings is 4. The van der Waals surface area contributed by atoms with Crippen molar-refractivity contribution in [3.05, 3.63) is 150 Å². The van der Waals surface area contributed by atoms with Crippen LogP contribution in [-0.4, -0.2) is 183 Å². The molecule has 0 aliphatic carbocycles. The third-order valence-corrected chi connectivity index (χ3v) is 13.6. The number of aromatic carboxylic acids is 4. The number of carbonyl (C=O) groups excluding carboxylic acids is 4. The summed E-state index contributed by atoms with van der Waals surface area (Å²) >= 11 is 23.2. The van der Waals surface area contributed by atoms with Gasteiger partial charge in [-0.05, 0) is 108 Å². The van der Waals surface area contributed by atoms with Crippen molar-refractivity contribution in [2.75, 3.05) is 58.4 Å². The Kier molecular flexibility index (Phi) is 20.0. The molecule has 0 bridgehead atoms. The number of anilines is 8. The molecule has 0 atom stereocenters. The van der Waals surface area contributed by atoms with E-state index in [0.717, 1.165) is 30.7 Å². The van der Waals surface area contributed by atoms with E-state index in [9.17, 15) is 58.1 Å². The van der Waals surface area contributed by atoms with Gasteiger partial charge in [0.1, 0.15) is 17.3 Å². The third-order valence-electron chi connectivity index (χ3n) is 12.3. The van der Waals surface area contributed by atoms with Crippen LogP contribution in [0.4, 0.5) is 49.9 Å². The third kappa shape index (κ3) is 15.2. The fraction of sp³-hybridized carbons (Fsp3) is 0.0400. The summed E-state index contributed by atoms with van der Waals surface area (Å²) in [7, 11) is 2.79. The molecule has 0 aliphatic heterocycles. The molecule has 494 valence electrons. The number of hydrogen-bond acceptors (Lipinski definition) is 30. The molecule has 8 heterocycles. The van der Waals surface area contributed by atoms with Crippen LogP contribution in [0.15, 0.2) is 78.9 Å². The van der Waals surface area contributed by atoms with E-state index in [4.69, 9.17) is 83.9 Å². The van der Waals surface area contributed by atoms with E-state index in [0.29, 0.717) is 11.8 Å². The molecule has 4 amide bonds. The normalized spacial score (nSPS) is 10.7. The smallest absolute Gasteiger partial charge is 0.337 e. The first-order valence-electron chi connectivity index (χ1n) is 25.7. The van der Waals surface area contributed by atoms with Crippen LogP contribution >= 0.6 is 46.4 Å². The number of nitrogens with zero attached hydrogens (tertiary/aromatic N) is 20. The van der Waals surface area contributed by atoms with E-state index >= 15 is 0 Å². The minimum absolute atomic E-state index is 0.0177. The number of halogens is 5. The molecule has 47 heteroatoms. The summed E-state index contributed by atoms with van der Waals surface area (Å²) in [4.78, 5) is 94.5. The summed E-state index contributed by atoms with van der Waals surface area (Å²) < 4.78 is 27.4. The molecule has 0 saturated heterocycles. The first-order valence-corrected chi connectivity index (χ1v) is 27.3. The van der Waals surface area contributed by atoms with E-state index in [2.05, 4.69) is 104 Å². The van der Waals surface area contributed by atoms with Gasteiger partial charge in [0.25, 0.3) is 23.6 Å². The van der Waals surface area contributed by atoms with E-state index in [1.54, 1.807) is 0 Å². The van der Waals surface area contributed by atoms with Crippen LogP contribution in [-0.2, 0) is 0 Å². The molecule has 0 spiro atoms. The zero-order valence-electron chi connectivity index (χ0n) is 48.0. The van der Waals surface area contributed by atoms with Gasteiger partial charge in [-0.1, -0.05) is 46.4 Å². The van der Waals surface area contributed by atoms with Gasteiger partial charge in [-0.25, -0.2) is 23.6 Å². The standard InChI is InChI=1S/C13H10ClN7O4.C13H11N7O4.C12H7Cl2N7O3.C12H7ClFN7O3/c1-25-10-4-8(5(13(23)24)2-6(10)14)16-12(22)9-3-7(15)11-17-19-20-21(11)18-9;1-24-6-2-3-7(13(22)23)9(4-6)15-12(21)10-5-8(14)11-16-18-19-20(11)17-10;13-5-1-4(12(23)24)8(2-6(5)14)16-11(22)9-3-7(15)10-17-19-20-21(10)18-9;13-5-2-8(4(12(23)24)1-6(5)14)16-11(22)9-3-7(15)10-17-19-20-21(10)18-9/h2-4H,15H2,1H3,(H,16,22)(H,23,24);2-5H,14H2,1H3,(H,15,21)(H,22,23);2*1-3H,15H2,(H,16,22)(H,23,24). The second-order valence-electron chi connectivity index (χ2n) is 18.5. The number of nitrogens with one attached hydrogen (secondary N) is 4. The van der Waals surface area contributed by atoms with Gasteiger partial charge < -0.3 is 74.1 Å². The Bertz CT molecular complexity index is 5050. The number of carboxylic acids is 4. The van der Waals surface area contributed by atoms with Crippen molar-refractivity contribution in [1.29, 1.82) is 0 Å². The Morgan fingerprint density at radius 1 is 0.402 bits per heavy atom. The molecule has 0 fully saturated rings. The Balaban J connectivity index is 0.000000152. The van der Waals surface area contributed by atoms with Gasteiger partial charge in [0, 0.05) is 12.1 Å². The van der Waals surface area contributed by atoms with Gasteiger partial charge in [0.15, 0.2) is 22.8 Å². The van der Waals surface area contributed by atoms with Crippen molar-refractivity contribution >= 4 is 162 Å². The number of benzene rings is 4. The predicted molar refractivity (Wildman–Crippen MR) is 330 cm³/mol. The zero-order valence-corrected chi connectivity index (χ0v) is 51.0. The number of amides is 4. The summed E-state index contributed by atoms with van der Waals surface area (Å²) in [5.74, 6) is -8.44. The quantitative estimate of drug-likeness (QED) is 0.0744. The van der Waals surface area contributed by atoms with Crippen LogP contribution < -0.4 is 53.7 Å². The molecule has 12 aromatic rings. The molecule has 8 aromatic heterocycles. The molecule has 42 nitrogen and oxygen atoms in total. The molecule has 4 aromatic carbocycles. The maximum absolute atomic E-state index is 13.4. The highest BCUT2D eigenvalue weighted by Gasteiger charge is 2.24. The van der Waals surface area contributed by atoms with Crippen molar-refractivity contribution in [2.45, 2.75) is 0 Å². The lowest BCUT2D eigenvalue weighted by Crippen LogP contribution is -2.18. The first-order chi connectivity index (χ1) is 46.1. The van der Waals surface area contributed by atoms with Crippen molar-refractivity contribution in [2.24, 2.45) is 0 Å². The zero-order chi connectivity index (χ0) is 70.3. The second-order valence-corrected chi connectivity index (χ2v) is 20.1. The highest BCUT2D eigenvalue weighted by Crippen LogP contribution is 2.33. The number of methoxy groups -OCH3 is 2. The maximum atomic E-state index is 13.4. The molecule has 0 radical (unpaired) electrons. The molecule has 97 heavy (non-hydrogen) atoms. The Morgan fingerprint density at radius 3 is 1.05 bits per heavy atom. The van der Waals surface area contributed by atoms with Gasteiger partial charge in [0.05, 0.1) is 102 Å². The van der Waals surface area contributed by atoms with Gasteiger partial charge >= 0.3 is 23.9 Å². The van der Waals surface area contributed by atoms with Gasteiger partial charge in [0.2, 0.25) is 22.6 Å². The van der Waals surface area contributed by atoms with Gasteiger partial charge in [-0.3, -0.25) is 19.2 Å². The number of rotatable bonds is 14. The van der Waals surface area contributed by atoms with Gasteiger partial charge in [-0.2, -0.15) is 0 Å². The number of carbonyl (C=O) groups is 8. The van der Waals surface area contributed by atoms with E-state index < -0.39 is 58.9 Å². The lowest BCUT2D eigenvalue weighted by molar-refractivity contribution is 0.0686. The van der Waals surface area contributed by atoms with Crippen LogP contribution in [0, 0.1) is 5.82 Å². The average molecular weight is 1410 g/mol. The number of fused-ring (bicyclic) bond motifs is 4. The number of carboxylic acid groups (broad SMARTS) is 4. The second kappa shape index (κ2) is 28.5. The minimum Gasteiger partial charge on any atom is -0.497 e. The molecular formula is C50H35Cl4FN28O14. The van der Waals surface area contributed by atoms with Crippen molar-refractivity contribution in [3.63, 3.8) is 0 Å². The van der Waals surface area contributed by atoms with Crippen molar-refractivity contribution in [3.8, 4) is 11.5 Å². The number of aromatic nitrogens is 20. The van der Waals surface area contributed by atoms with Crippen LogP contribution in [0.2, 0.25) is 20.1 Å². The topological polar surface area (TPSA) is 612 Å². The number of ether oxygens (including phenoxy) is 2. The fourth-order valence-electron chi connectivity index (χ4n) is 7.84. The monoisotopic (exact) mass is 1410 g/mol. The summed E-state index contributed by atoms with van der Waals surface area (Å²) in [6.07, 6.45) is 0. The SMILES string of the molecule is COc1cc(NC(=O)c2cc(N)c3nnnn3n2)c(C(=O)O)cc1Cl.COc1ccc(C(=O)O)c(NC(=O)c2cc(N)c3nnnn3n2)c1.Nc1cc(C(=O)Nc2cc(Cl)c(Cl)cc2C(=O)O)nn2nnnc12.Nc1cc(C(=O)Nc2cc(Cl)c(F)cc2C(=O)O)nn2nnnc12. The maximum Gasteiger partial charge on any atom is 0.337 e. The van der Waals surface area contributed by atoms with E-state index in [-0.39, 0.29) is 133 Å². The Hall–Kier alpha value is -13.6. The molecule has 12 rings (SSSR count). The highest BCUT2D eigenvalue weighted by atomic mass is 35.5. The van der Waals surface area contributed by atoms with Crippen LogP contribution in [0.5, 0.6) is 11.5 Å². The molecule has 0 aliphatic rings. The summed E-state index contributed by atoms with van der Waals surface area (Å²) in [5.41, 5.74) is 22.5. The van der Waals surface area contributed by atoms with E-state index in [1.807, 2.05) is 0 Å². The Labute approximate surface area is 553 Å². The average Bonchev–Trinajstić information content (AvgIpc) is 1.81. The Morgan fingerprint density at radius 2 is 0.711 bits per heavy atom. The van der Waals surface area contributed by atoms with Crippen molar-refractivity contribution < 1.29 is 72.6 Å². The molecule has 16 N–H and O–H groups in total. The molecule has 0 saturated carbocycles. The number of hydrogen-bond donors (Lipinski definition) is 12. The molecule has 0 unspecified atom stereocenters. The van der Waals surface area contributed by atoms with Gasteiger partial charge in [-0.15, -0.1) is 59.3 Å². The largest absolute Gasteiger partial charge is 0.497 e. The summed E-state index contributed by atoms with van der Waals surface area (Å²) in [6, 6.07) is 15.7. The highest BCUT2D eigenvalue weighted by molar-refractivity contribution is 6.42. The first kappa shape index (κ1) is 67.8. The number of nitrogen functional groups attached to an aromatic ring is 4. The van der Waals surface area contributed by atoms with Crippen LogP contribution in [0.1, 0.15) is 83.4 Å². The van der Waals surface area contributed by atoms with Crippen LogP contribution in [0.25, 0.3) is 22.6 Å². The lowest BCUT2D eigenvalue weighted by Gasteiger charge is -2.11.